The van der Waals surface area contributed by atoms with Crippen molar-refractivity contribution in [3.8, 4) is 5.75 Å². The zero-order valence-electron chi connectivity index (χ0n) is 18.8. The number of sulfonamides is 1. The molecule has 0 radical (unpaired) electrons. The highest BCUT2D eigenvalue weighted by atomic mass is 35.5. The van der Waals surface area contributed by atoms with Crippen molar-refractivity contribution in [3.63, 3.8) is 0 Å². The Kier molecular flexibility index (Phi) is 5.43. The van der Waals surface area contributed by atoms with E-state index in [2.05, 4.69) is 9.83 Å². The Labute approximate surface area is 208 Å². The fraction of sp³-hybridized carbons (Fsp3) is 0.280. The molecule has 0 saturated heterocycles. The first-order valence-corrected chi connectivity index (χ1v) is 12.7. The SMILES string of the molecule is [C-]#[N+]c1ccc([C@@]23Oc4cc(Cl)cnc4[C@]2(O)[C@H](O)[C@H](S(=O)(=O)N(C)C)[C@H]3c2ccccc2)cc1. The Morgan fingerprint density at radius 1 is 1.14 bits per heavy atom. The summed E-state index contributed by atoms with van der Waals surface area (Å²) in [5, 5.41) is 22.9. The number of aliphatic hydroxyl groups excluding tert-OH is 1. The summed E-state index contributed by atoms with van der Waals surface area (Å²) in [6.45, 7) is 7.30. The molecule has 2 heterocycles. The number of aliphatic hydroxyl groups is 2. The lowest BCUT2D eigenvalue weighted by Crippen LogP contribution is -2.52. The maximum atomic E-state index is 13.7. The van der Waals surface area contributed by atoms with Gasteiger partial charge in [-0.1, -0.05) is 66.2 Å². The highest BCUT2D eigenvalue weighted by Crippen LogP contribution is 2.67. The van der Waals surface area contributed by atoms with E-state index in [4.69, 9.17) is 22.9 Å². The summed E-state index contributed by atoms with van der Waals surface area (Å²) in [6, 6.07) is 16.6. The van der Waals surface area contributed by atoms with E-state index in [-0.39, 0.29) is 16.5 Å². The van der Waals surface area contributed by atoms with Crippen LogP contribution in [-0.4, -0.2) is 53.4 Å². The Bertz CT molecular complexity index is 1440. The first-order valence-electron chi connectivity index (χ1n) is 10.8. The fourth-order valence-electron chi connectivity index (χ4n) is 5.43. The van der Waals surface area contributed by atoms with Crippen LogP contribution >= 0.6 is 11.6 Å². The number of hydrogen-bond acceptors (Lipinski definition) is 6. The minimum atomic E-state index is -4.13. The van der Waals surface area contributed by atoms with E-state index in [1.54, 1.807) is 54.6 Å². The Morgan fingerprint density at radius 3 is 2.40 bits per heavy atom. The number of benzene rings is 2. The van der Waals surface area contributed by atoms with Crippen molar-refractivity contribution in [2.45, 2.75) is 28.5 Å². The van der Waals surface area contributed by atoms with E-state index < -0.39 is 38.5 Å². The van der Waals surface area contributed by atoms with Gasteiger partial charge in [0.05, 0.1) is 17.5 Å². The second kappa shape index (κ2) is 8.01. The highest BCUT2D eigenvalue weighted by molar-refractivity contribution is 7.89. The van der Waals surface area contributed by atoms with Gasteiger partial charge in [-0.25, -0.2) is 17.6 Å². The van der Waals surface area contributed by atoms with E-state index in [0.29, 0.717) is 16.8 Å². The molecule has 1 fully saturated rings. The third-order valence-electron chi connectivity index (χ3n) is 6.96. The summed E-state index contributed by atoms with van der Waals surface area (Å²) in [7, 11) is -1.37. The Hall–Kier alpha value is -3.00. The van der Waals surface area contributed by atoms with Crippen LogP contribution in [0.15, 0.2) is 66.9 Å². The smallest absolute Gasteiger partial charge is 0.219 e. The monoisotopic (exact) mass is 511 g/mol. The topological polar surface area (TPSA) is 104 Å². The molecule has 1 aromatic heterocycles. The standard InChI is InChI=1S/C25H22ClN3O5S/c1-27-18-11-9-16(10-12-18)25-20(15-7-5-4-6-8-15)21(35(32,33)29(2)3)23(30)24(25,31)22-19(34-25)13-17(26)14-28-22/h4-14,20-21,23,30-31H,2-3H3/t20-,21-,23-,24+,25+/m1/s1. The zero-order chi connectivity index (χ0) is 25.2. The van der Waals surface area contributed by atoms with Crippen molar-refractivity contribution >= 4 is 27.3 Å². The van der Waals surface area contributed by atoms with Crippen molar-refractivity contribution in [1.29, 1.82) is 0 Å². The predicted octanol–water partition coefficient (Wildman–Crippen LogP) is 3.18. The van der Waals surface area contributed by atoms with Crippen molar-refractivity contribution in [2.24, 2.45) is 0 Å². The molecule has 1 aliphatic carbocycles. The molecule has 180 valence electrons. The van der Waals surface area contributed by atoms with E-state index in [9.17, 15) is 18.6 Å². The number of aromatic nitrogens is 1. The predicted molar refractivity (Wildman–Crippen MR) is 130 cm³/mol. The van der Waals surface area contributed by atoms with Crippen LogP contribution < -0.4 is 4.74 Å². The van der Waals surface area contributed by atoms with Crippen LogP contribution in [0.25, 0.3) is 4.85 Å². The van der Waals surface area contributed by atoms with Gasteiger partial charge < -0.3 is 14.9 Å². The molecule has 5 rings (SSSR count). The molecule has 0 unspecified atom stereocenters. The van der Waals surface area contributed by atoms with Crippen LogP contribution in [-0.2, 0) is 21.2 Å². The number of rotatable bonds is 4. The molecule has 2 N–H and O–H groups in total. The van der Waals surface area contributed by atoms with Gasteiger partial charge in [-0.05, 0) is 11.1 Å². The first kappa shape index (κ1) is 23.7. The number of halogens is 1. The van der Waals surface area contributed by atoms with Gasteiger partial charge in [0.2, 0.25) is 10.0 Å². The molecule has 2 aromatic carbocycles. The van der Waals surface area contributed by atoms with Crippen LogP contribution in [0, 0.1) is 6.57 Å². The average Bonchev–Trinajstić information content (AvgIpc) is 3.22. The summed E-state index contributed by atoms with van der Waals surface area (Å²) < 4.78 is 34.8. The van der Waals surface area contributed by atoms with Crippen molar-refractivity contribution in [1.82, 2.24) is 9.29 Å². The molecule has 8 nitrogen and oxygen atoms in total. The minimum Gasteiger partial charge on any atom is -0.476 e. The summed E-state index contributed by atoms with van der Waals surface area (Å²) in [5.41, 5.74) is -2.74. The second-order valence-electron chi connectivity index (χ2n) is 8.89. The fourth-order valence-corrected chi connectivity index (χ4v) is 7.28. The zero-order valence-corrected chi connectivity index (χ0v) is 20.4. The summed E-state index contributed by atoms with van der Waals surface area (Å²) in [6.07, 6.45) is -0.492. The van der Waals surface area contributed by atoms with E-state index in [0.717, 1.165) is 4.31 Å². The summed E-state index contributed by atoms with van der Waals surface area (Å²) in [5.74, 6) is -0.905. The van der Waals surface area contributed by atoms with Crippen LogP contribution in [0.2, 0.25) is 5.02 Å². The maximum absolute atomic E-state index is 13.7. The van der Waals surface area contributed by atoms with Gasteiger partial charge >= 0.3 is 0 Å². The average molecular weight is 512 g/mol. The van der Waals surface area contributed by atoms with Crippen LogP contribution in [0.4, 0.5) is 5.69 Å². The quantitative estimate of drug-likeness (QED) is 0.521. The lowest BCUT2D eigenvalue weighted by molar-refractivity contribution is -0.150. The van der Waals surface area contributed by atoms with Crippen molar-refractivity contribution in [2.75, 3.05) is 14.1 Å². The molecule has 1 aliphatic heterocycles. The number of pyridine rings is 1. The Balaban J connectivity index is 1.90. The van der Waals surface area contributed by atoms with Crippen molar-refractivity contribution in [3.05, 3.63) is 100 Å². The maximum Gasteiger partial charge on any atom is 0.219 e. The minimum absolute atomic E-state index is 0.000966. The van der Waals surface area contributed by atoms with Gasteiger partial charge in [0.25, 0.3) is 0 Å². The van der Waals surface area contributed by atoms with Crippen molar-refractivity contribution < 1.29 is 23.4 Å². The Morgan fingerprint density at radius 2 is 1.80 bits per heavy atom. The molecular formula is C25H22ClN3O5S. The molecule has 35 heavy (non-hydrogen) atoms. The van der Waals surface area contributed by atoms with Gasteiger partial charge in [0, 0.05) is 26.4 Å². The molecular weight excluding hydrogens is 490 g/mol. The van der Waals surface area contributed by atoms with E-state index in [1.807, 2.05) is 0 Å². The molecule has 1 saturated carbocycles. The summed E-state index contributed by atoms with van der Waals surface area (Å²) >= 11 is 6.17. The number of nitrogens with zero attached hydrogens (tertiary/aromatic N) is 3. The van der Waals surface area contributed by atoms with E-state index in [1.165, 1.54) is 26.4 Å². The highest BCUT2D eigenvalue weighted by Gasteiger charge is 2.79. The van der Waals surface area contributed by atoms with Gasteiger partial charge in [-0.3, -0.25) is 4.98 Å². The van der Waals surface area contributed by atoms with Gasteiger partial charge in [-0.2, -0.15) is 0 Å². The molecule has 0 bridgehead atoms. The molecule has 5 atom stereocenters. The number of hydrogen-bond donors (Lipinski definition) is 2. The third-order valence-corrected chi connectivity index (χ3v) is 9.40. The van der Waals surface area contributed by atoms with E-state index >= 15 is 0 Å². The normalized spacial score (nSPS) is 29.3. The molecule has 3 aromatic rings. The molecule has 0 spiro atoms. The molecule has 10 heteroatoms. The number of ether oxygens (including phenoxy) is 1. The number of fused-ring (bicyclic) bond motifs is 3. The molecule has 2 aliphatic rings. The largest absolute Gasteiger partial charge is 0.476 e. The summed E-state index contributed by atoms with van der Waals surface area (Å²) in [4.78, 5) is 7.72. The second-order valence-corrected chi connectivity index (χ2v) is 11.6. The lowest BCUT2D eigenvalue weighted by Gasteiger charge is -2.40. The van der Waals surface area contributed by atoms with Crippen LogP contribution in [0.3, 0.4) is 0 Å². The van der Waals surface area contributed by atoms with Gasteiger partial charge in [0.15, 0.2) is 16.9 Å². The van der Waals surface area contributed by atoms with Crippen LogP contribution in [0.5, 0.6) is 5.75 Å². The lowest BCUT2D eigenvalue weighted by atomic mass is 9.72. The third kappa shape index (κ3) is 3.08. The molecule has 0 amide bonds. The van der Waals surface area contributed by atoms with Crippen LogP contribution in [0.1, 0.15) is 22.7 Å². The first-order chi connectivity index (χ1) is 16.6. The van der Waals surface area contributed by atoms with Gasteiger partial charge in [-0.15, -0.1) is 0 Å². The van der Waals surface area contributed by atoms with Gasteiger partial charge in [0.1, 0.15) is 22.8 Å².